The molecule has 0 bridgehead atoms. The Labute approximate surface area is 116 Å². The summed E-state index contributed by atoms with van der Waals surface area (Å²) in [6.07, 6.45) is 3.04. The standard InChI is InChI=1S/C14H27N3O2/c1-11-9-16(10-12(2)19-11)6-5-14(18)17-7-3-13(15)4-8-17/h11-13H,3-10,15H2,1-2H3. The van der Waals surface area contributed by atoms with Crippen molar-refractivity contribution in [3.8, 4) is 0 Å². The summed E-state index contributed by atoms with van der Waals surface area (Å²) in [6.45, 7) is 8.56. The monoisotopic (exact) mass is 269 g/mol. The van der Waals surface area contributed by atoms with Gasteiger partial charge in [-0.1, -0.05) is 0 Å². The maximum Gasteiger partial charge on any atom is 0.223 e. The molecule has 19 heavy (non-hydrogen) atoms. The fraction of sp³-hybridized carbons (Fsp3) is 0.929. The zero-order valence-electron chi connectivity index (χ0n) is 12.2. The molecular formula is C14H27N3O2. The fourth-order valence-electron chi connectivity index (χ4n) is 3.03. The first-order valence-electron chi connectivity index (χ1n) is 7.45. The number of nitrogens with two attached hydrogens (primary N) is 1. The topological polar surface area (TPSA) is 58.8 Å². The summed E-state index contributed by atoms with van der Waals surface area (Å²) in [5.74, 6) is 0.277. The van der Waals surface area contributed by atoms with E-state index in [2.05, 4.69) is 18.7 Å². The lowest BCUT2D eigenvalue weighted by Gasteiger charge is -2.36. The minimum absolute atomic E-state index is 0.270. The number of ether oxygens (including phenoxy) is 1. The lowest BCUT2D eigenvalue weighted by molar-refractivity contribution is -0.133. The van der Waals surface area contributed by atoms with Gasteiger partial charge in [-0.2, -0.15) is 0 Å². The van der Waals surface area contributed by atoms with Crippen LogP contribution in [-0.2, 0) is 9.53 Å². The molecule has 110 valence electrons. The van der Waals surface area contributed by atoms with Gasteiger partial charge in [-0.15, -0.1) is 0 Å². The zero-order chi connectivity index (χ0) is 13.8. The Bertz CT molecular complexity index is 293. The van der Waals surface area contributed by atoms with Gasteiger partial charge < -0.3 is 15.4 Å². The van der Waals surface area contributed by atoms with Crippen molar-refractivity contribution in [3.63, 3.8) is 0 Å². The number of likely N-dealkylation sites (tertiary alicyclic amines) is 1. The van der Waals surface area contributed by atoms with E-state index in [4.69, 9.17) is 10.5 Å². The highest BCUT2D eigenvalue weighted by molar-refractivity contribution is 5.76. The van der Waals surface area contributed by atoms with Crippen LogP contribution in [0.2, 0.25) is 0 Å². The molecule has 2 aliphatic rings. The molecule has 2 atom stereocenters. The van der Waals surface area contributed by atoms with E-state index in [1.54, 1.807) is 0 Å². The number of morpholine rings is 1. The summed E-state index contributed by atoms with van der Waals surface area (Å²) < 4.78 is 5.70. The average Bonchev–Trinajstić information content (AvgIpc) is 2.36. The first-order chi connectivity index (χ1) is 9.04. The van der Waals surface area contributed by atoms with Crippen LogP contribution in [0.4, 0.5) is 0 Å². The molecule has 2 aliphatic heterocycles. The second-order valence-corrected chi connectivity index (χ2v) is 5.99. The minimum atomic E-state index is 0.270. The smallest absolute Gasteiger partial charge is 0.223 e. The van der Waals surface area contributed by atoms with Gasteiger partial charge in [0.25, 0.3) is 0 Å². The van der Waals surface area contributed by atoms with E-state index in [-0.39, 0.29) is 24.2 Å². The Hall–Kier alpha value is -0.650. The van der Waals surface area contributed by atoms with Gasteiger partial charge in [0.1, 0.15) is 0 Å². The van der Waals surface area contributed by atoms with Crippen molar-refractivity contribution in [1.82, 2.24) is 9.80 Å². The number of piperidine rings is 1. The number of rotatable bonds is 3. The SMILES string of the molecule is CC1CN(CCC(=O)N2CCC(N)CC2)CC(C)O1. The van der Waals surface area contributed by atoms with Crippen LogP contribution in [-0.4, -0.2) is 66.7 Å². The lowest BCUT2D eigenvalue weighted by atomic mass is 10.1. The number of nitrogens with zero attached hydrogens (tertiary/aromatic N) is 2. The molecule has 5 nitrogen and oxygen atoms in total. The normalized spacial score (nSPS) is 30.6. The van der Waals surface area contributed by atoms with E-state index in [1.807, 2.05) is 4.90 Å². The Morgan fingerprint density at radius 1 is 1.21 bits per heavy atom. The van der Waals surface area contributed by atoms with E-state index in [9.17, 15) is 4.79 Å². The molecule has 0 aromatic rings. The van der Waals surface area contributed by atoms with Crippen molar-refractivity contribution in [1.29, 1.82) is 0 Å². The highest BCUT2D eigenvalue weighted by Crippen LogP contribution is 2.13. The van der Waals surface area contributed by atoms with Gasteiger partial charge in [0, 0.05) is 45.2 Å². The largest absolute Gasteiger partial charge is 0.373 e. The maximum atomic E-state index is 12.1. The van der Waals surface area contributed by atoms with Crippen molar-refractivity contribution >= 4 is 5.91 Å². The Kier molecular flexibility index (Phi) is 5.19. The Morgan fingerprint density at radius 2 is 1.79 bits per heavy atom. The molecule has 2 saturated heterocycles. The van der Waals surface area contributed by atoms with E-state index in [0.717, 1.165) is 45.6 Å². The van der Waals surface area contributed by atoms with Crippen LogP contribution in [0, 0.1) is 0 Å². The summed E-state index contributed by atoms with van der Waals surface area (Å²) >= 11 is 0. The van der Waals surface area contributed by atoms with Gasteiger partial charge in [0.2, 0.25) is 5.91 Å². The van der Waals surface area contributed by atoms with Crippen molar-refractivity contribution in [2.24, 2.45) is 5.73 Å². The molecule has 5 heteroatoms. The number of hydrogen-bond donors (Lipinski definition) is 1. The van der Waals surface area contributed by atoms with Gasteiger partial charge in [0.05, 0.1) is 12.2 Å². The second kappa shape index (κ2) is 6.68. The van der Waals surface area contributed by atoms with E-state index >= 15 is 0 Å². The molecule has 0 saturated carbocycles. The van der Waals surface area contributed by atoms with Crippen molar-refractivity contribution < 1.29 is 9.53 Å². The summed E-state index contributed by atoms with van der Waals surface area (Å²) in [7, 11) is 0. The molecular weight excluding hydrogens is 242 g/mol. The first-order valence-corrected chi connectivity index (χ1v) is 7.45. The average molecular weight is 269 g/mol. The zero-order valence-corrected chi connectivity index (χ0v) is 12.2. The van der Waals surface area contributed by atoms with Crippen LogP contribution >= 0.6 is 0 Å². The molecule has 0 radical (unpaired) electrons. The third kappa shape index (κ3) is 4.44. The molecule has 0 aromatic heterocycles. The van der Waals surface area contributed by atoms with Gasteiger partial charge in [-0.05, 0) is 26.7 Å². The Balaban J connectivity index is 1.71. The second-order valence-electron chi connectivity index (χ2n) is 5.99. The van der Waals surface area contributed by atoms with Gasteiger partial charge >= 0.3 is 0 Å². The molecule has 2 rings (SSSR count). The van der Waals surface area contributed by atoms with Gasteiger partial charge in [0.15, 0.2) is 0 Å². The quantitative estimate of drug-likeness (QED) is 0.807. The summed E-state index contributed by atoms with van der Waals surface area (Å²) in [4.78, 5) is 16.4. The molecule has 2 fully saturated rings. The van der Waals surface area contributed by atoms with Crippen LogP contribution < -0.4 is 5.73 Å². The Morgan fingerprint density at radius 3 is 2.37 bits per heavy atom. The number of carbonyl (C=O) groups excluding carboxylic acids is 1. The maximum absolute atomic E-state index is 12.1. The fourth-order valence-corrected chi connectivity index (χ4v) is 3.03. The molecule has 0 aromatic carbocycles. The summed E-state index contributed by atoms with van der Waals surface area (Å²) in [6, 6.07) is 0.282. The van der Waals surface area contributed by atoms with Crippen LogP contribution in [0.15, 0.2) is 0 Å². The van der Waals surface area contributed by atoms with Crippen molar-refractivity contribution in [2.45, 2.75) is 51.4 Å². The van der Waals surface area contributed by atoms with Gasteiger partial charge in [-0.3, -0.25) is 9.69 Å². The molecule has 2 N–H and O–H groups in total. The highest BCUT2D eigenvalue weighted by Gasteiger charge is 2.24. The van der Waals surface area contributed by atoms with Crippen LogP contribution in [0.25, 0.3) is 0 Å². The van der Waals surface area contributed by atoms with E-state index in [0.29, 0.717) is 6.42 Å². The summed E-state index contributed by atoms with van der Waals surface area (Å²) in [5, 5.41) is 0. The van der Waals surface area contributed by atoms with Crippen molar-refractivity contribution in [3.05, 3.63) is 0 Å². The first kappa shape index (κ1) is 14.8. The predicted molar refractivity (Wildman–Crippen MR) is 74.9 cm³/mol. The predicted octanol–water partition coefficient (Wildman–Crippen LogP) is 0.435. The van der Waals surface area contributed by atoms with E-state index in [1.165, 1.54) is 0 Å². The van der Waals surface area contributed by atoms with Crippen molar-refractivity contribution in [2.75, 3.05) is 32.7 Å². The molecule has 0 aliphatic carbocycles. The molecule has 1 amide bonds. The van der Waals surface area contributed by atoms with E-state index < -0.39 is 0 Å². The summed E-state index contributed by atoms with van der Waals surface area (Å²) in [5.41, 5.74) is 5.86. The third-order valence-corrected chi connectivity index (χ3v) is 4.03. The third-order valence-electron chi connectivity index (χ3n) is 4.03. The van der Waals surface area contributed by atoms with Gasteiger partial charge in [-0.25, -0.2) is 0 Å². The number of carbonyl (C=O) groups is 1. The molecule has 2 unspecified atom stereocenters. The lowest BCUT2D eigenvalue weighted by Crippen LogP contribution is -2.47. The van der Waals surface area contributed by atoms with Crippen LogP contribution in [0.3, 0.4) is 0 Å². The number of hydrogen-bond acceptors (Lipinski definition) is 4. The molecule has 2 heterocycles. The van der Waals surface area contributed by atoms with Crippen LogP contribution in [0.1, 0.15) is 33.1 Å². The van der Waals surface area contributed by atoms with Crippen LogP contribution in [0.5, 0.6) is 0 Å². The number of amides is 1. The minimum Gasteiger partial charge on any atom is -0.373 e. The highest BCUT2D eigenvalue weighted by atomic mass is 16.5. The molecule has 0 spiro atoms.